The lowest BCUT2D eigenvalue weighted by molar-refractivity contribution is 0.271. The molecular formula is C9H16N2. The second kappa shape index (κ2) is 4.38. The van der Waals surface area contributed by atoms with Crippen LogP contribution in [0.1, 0.15) is 6.42 Å². The van der Waals surface area contributed by atoms with E-state index in [0.717, 1.165) is 19.0 Å². The maximum Gasteiger partial charge on any atom is 0.0596 e. The quantitative estimate of drug-likeness (QED) is 0.577. The summed E-state index contributed by atoms with van der Waals surface area (Å²) in [7, 11) is 2.08. The van der Waals surface area contributed by atoms with Crippen LogP contribution in [-0.4, -0.2) is 38.1 Å². The molecule has 1 rings (SSSR count). The molecule has 1 heterocycles. The van der Waals surface area contributed by atoms with Gasteiger partial charge in [-0.05, 0) is 39.0 Å². The fourth-order valence-electron chi connectivity index (χ4n) is 1.19. The first kappa shape index (κ1) is 8.58. The van der Waals surface area contributed by atoms with Crippen LogP contribution in [0, 0.1) is 18.3 Å². The van der Waals surface area contributed by atoms with E-state index >= 15 is 0 Å². The average molecular weight is 152 g/mol. The Labute approximate surface area is 69.0 Å². The molecule has 1 saturated heterocycles. The number of nitrogens with zero attached hydrogens (tertiary/aromatic N) is 1. The number of hydrogen-bond donors (Lipinski definition) is 1. The van der Waals surface area contributed by atoms with Crippen molar-refractivity contribution in [3.8, 4) is 12.3 Å². The molecule has 1 aliphatic rings. The Bertz CT molecular complexity index is 144. The molecule has 2 nitrogen and oxygen atoms in total. The third-order valence-electron chi connectivity index (χ3n) is 2.15. The fourth-order valence-corrected chi connectivity index (χ4v) is 1.19. The maximum atomic E-state index is 5.18. The molecule has 0 spiro atoms. The van der Waals surface area contributed by atoms with Crippen LogP contribution in [0.2, 0.25) is 0 Å². The molecule has 2 heteroatoms. The Hall–Kier alpha value is -0.520. The van der Waals surface area contributed by atoms with Gasteiger partial charge < -0.3 is 5.32 Å². The maximum absolute atomic E-state index is 5.18. The molecule has 0 aromatic heterocycles. The van der Waals surface area contributed by atoms with E-state index in [4.69, 9.17) is 6.42 Å². The molecular weight excluding hydrogens is 136 g/mol. The molecule has 0 aliphatic carbocycles. The van der Waals surface area contributed by atoms with E-state index in [1.807, 2.05) is 0 Å². The van der Waals surface area contributed by atoms with Crippen LogP contribution in [-0.2, 0) is 0 Å². The highest BCUT2D eigenvalue weighted by molar-refractivity contribution is 4.87. The van der Waals surface area contributed by atoms with E-state index in [0.29, 0.717) is 0 Å². The summed E-state index contributed by atoms with van der Waals surface area (Å²) in [4.78, 5) is 2.19. The first-order valence-corrected chi connectivity index (χ1v) is 4.15. The minimum atomic E-state index is 0.778. The van der Waals surface area contributed by atoms with Gasteiger partial charge in [-0.15, -0.1) is 6.42 Å². The number of rotatable bonds is 4. The summed E-state index contributed by atoms with van der Waals surface area (Å²) in [5.74, 6) is 3.54. The van der Waals surface area contributed by atoms with Crippen molar-refractivity contribution in [3.63, 3.8) is 0 Å². The normalized spacial score (nSPS) is 17.9. The molecule has 0 radical (unpaired) electrons. The molecule has 1 N–H and O–H groups in total. The van der Waals surface area contributed by atoms with Gasteiger partial charge in [0.2, 0.25) is 0 Å². The highest BCUT2D eigenvalue weighted by Gasteiger charge is 2.16. The Kier molecular flexibility index (Phi) is 3.41. The van der Waals surface area contributed by atoms with Crippen LogP contribution < -0.4 is 5.32 Å². The first-order chi connectivity index (χ1) is 5.33. The van der Waals surface area contributed by atoms with Gasteiger partial charge in [0.15, 0.2) is 0 Å². The van der Waals surface area contributed by atoms with Crippen molar-refractivity contribution in [2.75, 3.05) is 33.2 Å². The van der Waals surface area contributed by atoms with Crippen molar-refractivity contribution in [2.24, 2.45) is 5.92 Å². The van der Waals surface area contributed by atoms with Gasteiger partial charge in [-0.1, -0.05) is 5.92 Å². The zero-order valence-corrected chi connectivity index (χ0v) is 7.14. The lowest BCUT2D eigenvalue weighted by Gasteiger charge is -2.28. The Morgan fingerprint density at radius 2 is 2.36 bits per heavy atom. The van der Waals surface area contributed by atoms with Gasteiger partial charge in [0.05, 0.1) is 6.54 Å². The second-order valence-electron chi connectivity index (χ2n) is 3.25. The summed E-state index contributed by atoms with van der Waals surface area (Å²) in [5.41, 5.74) is 0. The van der Waals surface area contributed by atoms with Crippen molar-refractivity contribution in [3.05, 3.63) is 0 Å². The summed E-state index contributed by atoms with van der Waals surface area (Å²) in [5, 5.41) is 3.26. The van der Waals surface area contributed by atoms with Crippen molar-refractivity contribution < 1.29 is 0 Å². The molecule has 0 amide bonds. The van der Waals surface area contributed by atoms with E-state index in [9.17, 15) is 0 Å². The molecule has 0 aromatic carbocycles. The van der Waals surface area contributed by atoms with Gasteiger partial charge in [-0.25, -0.2) is 0 Å². The number of nitrogens with one attached hydrogen (secondary N) is 1. The van der Waals surface area contributed by atoms with Crippen LogP contribution in [0.5, 0.6) is 0 Å². The third-order valence-corrected chi connectivity index (χ3v) is 2.15. The van der Waals surface area contributed by atoms with Gasteiger partial charge in [-0.2, -0.15) is 0 Å². The molecule has 62 valence electrons. The van der Waals surface area contributed by atoms with Crippen molar-refractivity contribution in [1.29, 1.82) is 0 Å². The van der Waals surface area contributed by atoms with Crippen LogP contribution in [0.15, 0.2) is 0 Å². The molecule has 11 heavy (non-hydrogen) atoms. The van der Waals surface area contributed by atoms with Crippen molar-refractivity contribution in [2.45, 2.75) is 6.42 Å². The first-order valence-electron chi connectivity index (χ1n) is 4.15. The standard InChI is InChI=1S/C9H16N2/c1-3-5-11(2)6-4-9-7-10-8-9/h1,9-10H,4-8H2,2H3. The average Bonchev–Trinajstić information content (AvgIpc) is 1.85. The van der Waals surface area contributed by atoms with Crippen LogP contribution >= 0.6 is 0 Å². The van der Waals surface area contributed by atoms with E-state index in [-0.39, 0.29) is 0 Å². The van der Waals surface area contributed by atoms with Crippen LogP contribution in [0.25, 0.3) is 0 Å². The van der Waals surface area contributed by atoms with Gasteiger partial charge in [0.25, 0.3) is 0 Å². The highest BCUT2D eigenvalue weighted by Crippen LogP contribution is 2.07. The van der Waals surface area contributed by atoms with Crippen molar-refractivity contribution >= 4 is 0 Å². The summed E-state index contributed by atoms with van der Waals surface area (Å²) >= 11 is 0. The largest absolute Gasteiger partial charge is 0.316 e. The molecule has 0 aromatic rings. The van der Waals surface area contributed by atoms with Gasteiger partial charge in [0.1, 0.15) is 0 Å². The third kappa shape index (κ3) is 2.92. The predicted octanol–water partition coefficient (Wildman–Crippen LogP) is 0.161. The molecule has 0 saturated carbocycles. The monoisotopic (exact) mass is 152 g/mol. The summed E-state index contributed by atoms with van der Waals surface area (Å²) in [6.07, 6.45) is 6.46. The van der Waals surface area contributed by atoms with Crippen LogP contribution in [0.4, 0.5) is 0 Å². The Balaban J connectivity index is 1.97. The molecule has 1 aliphatic heterocycles. The van der Waals surface area contributed by atoms with Gasteiger partial charge in [-0.3, -0.25) is 4.90 Å². The SMILES string of the molecule is C#CCN(C)CCC1CNC1. The minimum Gasteiger partial charge on any atom is -0.316 e. The zero-order valence-electron chi connectivity index (χ0n) is 7.14. The van der Waals surface area contributed by atoms with Gasteiger partial charge >= 0.3 is 0 Å². The molecule has 0 unspecified atom stereocenters. The number of terminal acetylenes is 1. The van der Waals surface area contributed by atoms with E-state index in [1.54, 1.807) is 0 Å². The van der Waals surface area contributed by atoms with Crippen molar-refractivity contribution in [1.82, 2.24) is 10.2 Å². The molecule has 1 fully saturated rings. The Morgan fingerprint density at radius 1 is 1.64 bits per heavy atom. The summed E-state index contributed by atoms with van der Waals surface area (Å²) in [6, 6.07) is 0. The zero-order chi connectivity index (χ0) is 8.10. The second-order valence-corrected chi connectivity index (χ2v) is 3.25. The lowest BCUT2D eigenvalue weighted by Crippen LogP contribution is -2.43. The summed E-state index contributed by atoms with van der Waals surface area (Å²) < 4.78 is 0. The van der Waals surface area contributed by atoms with Crippen LogP contribution in [0.3, 0.4) is 0 Å². The smallest absolute Gasteiger partial charge is 0.0596 e. The van der Waals surface area contributed by atoms with E-state index in [2.05, 4.69) is 23.2 Å². The lowest BCUT2D eigenvalue weighted by atomic mass is 9.99. The number of hydrogen-bond acceptors (Lipinski definition) is 2. The molecule has 0 bridgehead atoms. The van der Waals surface area contributed by atoms with E-state index < -0.39 is 0 Å². The highest BCUT2D eigenvalue weighted by atomic mass is 15.1. The molecule has 0 atom stereocenters. The minimum absolute atomic E-state index is 0.778. The summed E-state index contributed by atoms with van der Waals surface area (Å²) in [6.45, 7) is 4.31. The topological polar surface area (TPSA) is 15.3 Å². The van der Waals surface area contributed by atoms with E-state index in [1.165, 1.54) is 19.5 Å². The fraction of sp³-hybridized carbons (Fsp3) is 0.778. The Morgan fingerprint density at radius 3 is 2.82 bits per heavy atom. The van der Waals surface area contributed by atoms with Gasteiger partial charge in [0, 0.05) is 0 Å². The predicted molar refractivity (Wildman–Crippen MR) is 47.3 cm³/mol.